The van der Waals surface area contributed by atoms with E-state index in [9.17, 15) is 18.0 Å². The topological polar surface area (TPSA) is 43.3 Å². The molecule has 2 rings (SSSR count). The first-order valence-corrected chi connectivity index (χ1v) is 6.92. The van der Waals surface area contributed by atoms with Crippen LogP contribution in [0.2, 0.25) is 0 Å². The van der Waals surface area contributed by atoms with E-state index >= 15 is 0 Å². The number of halogens is 3. The van der Waals surface area contributed by atoms with Crippen molar-refractivity contribution in [3.63, 3.8) is 0 Å². The third-order valence-electron chi connectivity index (χ3n) is 3.13. The molecule has 0 aliphatic heterocycles. The highest BCUT2D eigenvalue weighted by Gasteiger charge is 2.27. The van der Waals surface area contributed by atoms with Gasteiger partial charge in [-0.15, -0.1) is 0 Å². The molecule has 1 amide bonds. The van der Waals surface area contributed by atoms with Crippen LogP contribution < -0.4 is 5.32 Å². The number of fused-ring (bicyclic) bond motifs is 1. The maximum atomic E-state index is 11.9. The van der Waals surface area contributed by atoms with Crippen LogP contribution in [0.4, 0.5) is 18.9 Å². The van der Waals surface area contributed by atoms with E-state index in [1.807, 2.05) is 31.3 Å². The number of nitrogens with one attached hydrogen (secondary N) is 1. The van der Waals surface area contributed by atoms with Crippen LogP contribution in [0, 0.1) is 0 Å². The maximum Gasteiger partial charge on any atom is 0.411 e. The fourth-order valence-electron chi connectivity index (χ4n) is 2.13. The van der Waals surface area contributed by atoms with Crippen LogP contribution in [0.25, 0.3) is 10.9 Å². The van der Waals surface area contributed by atoms with Crippen LogP contribution in [0.1, 0.15) is 13.3 Å². The molecule has 0 unspecified atom stereocenters. The summed E-state index contributed by atoms with van der Waals surface area (Å²) >= 11 is 0. The van der Waals surface area contributed by atoms with Gasteiger partial charge in [0.2, 0.25) is 5.91 Å². The van der Waals surface area contributed by atoms with Gasteiger partial charge >= 0.3 is 6.18 Å². The molecule has 1 heterocycles. The minimum atomic E-state index is -4.37. The minimum Gasteiger partial charge on any atom is -0.372 e. The van der Waals surface area contributed by atoms with Crippen molar-refractivity contribution in [2.75, 3.05) is 18.5 Å². The summed E-state index contributed by atoms with van der Waals surface area (Å²) < 4.78 is 42.1. The molecule has 0 saturated carbocycles. The summed E-state index contributed by atoms with van der Waals surface area (Å²) in [5, 5.41) is 3.64. The quantitative estimate of drug-likeness (QED) is 0.828. The van der Waals surface area contributed by atoms with Crippen molar-refractivity contribution < 1.29 is 22.7 Å². The van der Waals surface area contributed by atoms with Gasteiger partial charge in [0.1, 0.15) is 6.61 Å². The molecule has 4 nitrogen and oxygen atoms in total. The summed E-state index contributed by atoms with van der Waals surface area (Å²) in [6.45, 7) is 1.29. The van der Waals surface area contributed by atoms with Gasteiger partial charge in [-0.3, -0.25) is 4.79 Å². The van der Waals surface area contributed by atoms with Crippen LogP contribution in [-0.2, 0) is 16.1 Å². The zero-order valence-electron chi connectivity index (χ0n) is 12.1. The number of ether oxygens (including phenoxy) is 1. The van der Waals surface area contributed by atoms with E-state index in [-0.39, 0.29) is 18.9 Å². The predicted octanol–water partition coefficient (Wildman–Crippen LogP) is 3.57. The lowest BCUT2D eigenvalue weighted by Gasteiger charge is -2.08. The van der Waals surface area contributed by atoms with Gasteiger partial charge < -0.3 is 14.6 Å². The highest BCUT2D eigenvalue weighted by molar-refractivity contribution is 5.93. The second kappa shape index (κ2) is 6.83. The Kier molecular flexibility index (Phi) is 5.07. The molecular formula is C15H17F3N2O2. The Morgan fingerprint density at radius 1 is 1.32 bits per heavy atom. The SMILES string of the molecule is CCn1ccc2cc(NC(=O)CCOCC(F)(F)F)ccc21. The number of anilines is 1. The fourth-order valence-corrected chi connectivity index (χ4v) is 2.13. The van der Waals surface area contributed by atoms with Crippen molar-refractivity contribution in [1.82, 2.24) is 4.57 Å². The number of alkyl halides is 3. The van der Waals surface area contributed by atoms with Crippen LogP contribution in [0.15, 0.2) is 30.5 Å². The molecular weight excluding hydrogens is 297 g/mol. The Morgan fingerprint density at radius 3 is 2.77 bits per heavy atom. The van der Waals surface area contributed by atoms with Gasteiger partial charge in [0.05, 0.1) is 13.0 Å². The van der Waals surface area contributed by atoms with E-state index in [0.717, 1.165) is 17.4 Å². The average molecular weight is 314 g/mol. The normalized spacial score (nSPS) is 11.8. The zero-order valence-corrected chi connectivity index (χ0v) is 12.1. The Balaban J connectivity index is 1.86. The van der Waals surface area contributed by atoms with E-state index in [0.29, 0.717) is 5.69 Å². The van der Waals surface area contributed by atoms with E-state index in [1.165, 1.54) is 0 Å². The van der Waals surface area contributed by atoms with Gasteiger partial charge in [-0.2, -0.15) is 13.2 Å². The molecule has 2 aromatic rings. The van der Waals surface area contributed by atoms with E-state index in [1.54, 1.807) is 6.07 Å². The first kappa shape index (κ1) is 16.4. The number of benzene rings is 1. The molecule has 1 aromatic carbocycles. The third kappa shape index (κ3) is 4.49. The average Bonchev–Trinajstić information content (AvgIpc) is 2.85. The van der Waals surface area contributed by atoms with Crippen molar-refractivity contribution in [2.45, 2.75) is 26.1 Å². The molecule has 0 aliphatic rings. The zero-order chi connectivity index (χ0) is 16.2. The number of amides is 1. The molecule has 1 N–H and O–H groups in total. The molecule has 0 fully saturated rings. The number of hydrogen-bond donors (Lipinski definition) is 1. The number of carbonyl (C=O) groups is 1. The standard InChI is InChI=1S/C15H17F3N2O2/c1-2-20-7-5-11-9-12(3-4-13(11)20)19-14(21)6-8-22-10-15(16,17)18/h3-5,7,9H,2,6,8,10H2,1H3,(H,19,21). The molecule has 22 heavy (non-hydrogen) atoms. The largest absolute Gasteiger partial charge is 0.411 e. The fraction of sp³-hybridized carbons (Fsp3) is 0.400. The van der Waals surface area contributed by atoms with Crippen molar-refractivity contribution >= 4 is 22.5 Å². The Morgan fingerprint density at radius 2 is 2.09 bits per heavy atom. The molecule has 0 spiro atoms. The molecule has 0 aliphatic carbocycles. The highest BCUT2D eigenvalue weighted by atomic mass is 19.4. The second-order valence-electron chi connectivity index (χ2n) is 4.84. The lowest BCUT2D eigenvalue weighted by molar-refractivity contribution is -0.174. The summed E-state index contributed by atoms with van der Waals surface area (Å²) in [6, 6.07) is 7.44. The molecule has 0 bridgehead atoms. The summed E-state index contributed by atoms with van der Waals surface area (Å²) in [4.78, 5) is 11.7. The highest BCUT2D eigenvalue weighted by Crippen LogP contribution is 2.20. The first-order chi connectivity index (χ1) is 10.4. The third-order valence-corrected chi connectivity index (χ3v) is 3.13. The molecule has 120 valence electrons. The predicted molar refractivity (Wildman–Crippen MR) is 77.7 cm³/mol. The lowest BCUT2D eigenvalue weighted by atomic mass is 10.2. The number of carbonyl (C=O) groups excluding carboxylic acids is 1. The number of hydrogen-bond acceptors (Lipinski definition) is 2. The molecule has 0 atom stereocenters. The van der Waals surface area contributed by atoms with E-state index < -0.39 is 12.8 Å². The van der Waals surface area contributed by atoms with Gasteiger partial charge in [0, 0.05) is 29.3 Å². The Bertz CT molecular complexity index is 650. The van der Waals surface area contributed by atoms with E-state index in [2.05, 4.69) is 14.6 Å². The van der Waals surface area contributed by atoms with Crippen molar-refractivity contribution in [2.24, 2.45) is 0 Å². The number of nitrogens with zero attached hydrogens (tertiary/aromatic N) is 1. The number of aryl methyl sites for hydroxylation is 1. The Labute approximate surface area is 125 Å². The van der Waals surface area contributed by atoms with Crippen LogP contribution >= 0.6 is 0 Å². The van der Waals surface area contributed by atoms with Crippen molar-refractivity contribution in [1.29, 1.82) is 0 Å². The molecule has 7 heteroatoms. The molecule has 0 radical (unpaired) electrons. The molecule has 1 aromatic heterocycles. The smallest absolute Gasteiger partial charge is 0.372 e. The number of aromatic nitrogens is 1. The first-order valence-electron chi connectivity index (χ1n) is 6.92. The van der Waals surface area contributed by atoms with Crippen LogP contribution in [-0.4, -0.2) is 29.9 Å². The maximum absolute atomic E-state index is 11.9. The van der Waals surface area contributed by atoms with Gasteiger partial charge in [-0.1, -0.05) is 0 Å². The monoisotopic (exact) mass is 314 g/mol. The van der Waals surface area contributed by atoms with Gasteiger partial charge in [-0.25, -0.2) is 0 Å². The van der Waals surface area contributed by atoms with Gasteiger partial charge in [0.25, 0.3) is 0 Å². The summed E-state index contributed by atoms with van der Waals surface area (Å²) in [7, 11) is 0. The van der Waals surface area contributed by atoms with Gasteiger partial charge in [0.15, 0.2) is 0 Å². The van der Waals surface area contributed by atoms with Crippen LogP contribution in [0.3, 0.4) is 0 Å². The van der Waals surface area contributed by atoms with Gasteiger partial charge in [-0.05, 0) is 31.2 Å². The van der Waals surface area contributed by atoms with Crippen molar-refractivity contribution in [3.05, 3.63) is 30.5 Å². The second-order valence-corrected chi connectivity index (χ2v) is 4.84. The summed E-state index contributed by atoms with van der Waals surface area (Å²) in [5.41, 5.74) is 1.68. The Hall–Kier alpha value is -2.02. The number of rotatable bonds is 6. The molecule has 0 saturated heterocycles. The van der Waals surface area contributed by atoms with Crippen molar-refractivity contribution in [3.8, 4) is 0 Å². The summed E-state index contributed by atoms with van der Waals surface area (Å²) in [6.07, 6.45) is -2.53. The lowest BCUT2D eigenvalue weighted by Crippen LogP contribution is -2.20. The minimum absolute atomic E-state index is 0.121. The van der Waals surface area contributed by atoms with Crippen LogP contribution in [0.5, 0.6) is 0 Å². The van der Waals surface area contributed by atoms with E-state index in [4.69, 9.17) is 0 Å². The summed E-state index contributed by atoms with van der Waals surface area (Å²) in [5.74, 6) is -0.378.